The molecule has 7 heteroatoms. The van der Waals surface area contributed by atoms with Crippen molar-refractivity contribution in [1.82, 2.24) is 9.88 Å². The number of rotatable bonds is 4. The summed E-state index contributed by atoms with van der Waals surface area (Å²) in [5, 5.41) is 0.627. The Morgan fingerprint density at radius 1 is 1.38 bits per heavy atom. The van der Waals surface area contributed by atoms with Gasteiger partial charge >= 0.3 is 5.97 Å². The van der Waals surface area contributed by atoms with Crippen LogP contribution in [0.4, 0.5) is 10.8 Å². The van der Waals surface area contributed by atoms with Gasteiger partial charge < -0.3 is 15.4 Å². The van der Waals surface area contributed by atoms with Gasteiger partial charge in [0.05, 0.1) is 12.7 Å². The normalized spacial score (nSPS) is 18.6. The number of hydrogen-bond donors (Lipinski definition) is 1. The molecule has 0 aliphatic carbocycles. The van der Waals surface area contributed by atoms with Gasteiger partial charge in [-0.3, -0.25) is 4.90 Å². The van der Waals surface area contributed by atoms with Gasteiger partial charge in [0.25, 0.3) is 0 Å². The van der Waals surface area contributed by atoms with Crippen molar-refractivity contribution >= 4 is 28.1 Å². The first-order valence-electron chi connectivity index (χ1n) is 7.94. The van der Waals surface area contributed by atoms with Crippen molar-refractivity contribution in [2.45, 2.75) is 19.5 Å². The van der Waals surface area contributed by atoms with Crippen LogP contribution in [-0.4, -0.2) is 48.6 Å². The van der Waals surface area contributed by atoms with Crippen LogP contribution < -0.4 is 10.6 Å². The molecular weight excluding hydrogens is 324 g/mol. The predicted molar refractivity (Wildman–Crippen MR) is 96.4 cm³/mol. The second kappa shape index (κ2) is 7.19. The van der Waals surface area contributed by atoms with Crippen LogP contribution in [0.3, 0.4) is 0 Å². The Kier molecular flexibility index (Phi) is 5.01. The maximum absolute atomic E-state index is 11.5. The molecule has 2 aromatic rings. The first-order valence-corrected chi connectivity index (χ1v) is 8.76. The van der Waals surface area contributed by atoms with Crippen LogP contribution in [0.1, 0.15) is 22.2 Å². The Bertz CT molecular complexity index is 701. The summed E-state index contributed by atoms with van der Waals surface area (Å²) in [5.74, 6) is -0.302. The van der Waals surface area contributed by atoms with Crippen molar-refractivity contribution in [1.29, 1.82) is 0 Å². The van der Waals surface area contributed by atoms with Crippen LogP contribution >= 0.6 is 11.3 Å². The second-order valence-corrected chi connectivity index (χ2v) is 7.12. The quantitative estimate of drug-likeness (QED) is 0.856. The van der Waals surface area contributed by atoms with Gasteiger partial charge in [-0.05, 0) is 31.2 Å². The lowest BCUT2D eigenvalue weighted by molar-refractivity contribution is 0.0600. The number of thiazole rings is 1. The first kappa shape index (κ1) is 16.7. The molecule has 1 fully saturated rings. The van der Waals surface area contributed by atoms with E-state index in [4.69, 9.17) is 10.5 Å². The number of carbonyl (C=O) groups is 1. The van der Waals surface area contributed by atoms with Gasteiger partial charge in [-0.1, -0.05) is 0 Å². The summed E-state index contributed by atoms with van der Waals surface area (Å²) in [5.41, 5.74) is 7.42. The molecule has 1 saturated heterocycles. The van der Waals surface area contributed by atoms with E-state index in [2.05, 4.69) is 21.7 Å². The topological polar surface area (TPSA) is 71.7 Å². The van der Waals surface area contributed by atoms with E-state index in [1.807, 2.05) is 30.5 Å². The minimum absolute atomic E-state index is 0.302. The number of nitrogen functional groups attached to an aromatic ring is 1. The lowest BCUT2D eigenvalue weighted by Gasteiger charge is -2.40. The minimum atomic E-state index is -0.302. The highest BCUT2D eigenvalue weighted by molar-refractivity contribution is 7.15. The average Bonchev–Trinajstić information content (AvgIpc) is 3.01. The van der Waals surface area contributed by atoms with E-state index in [9.17, 15) is 4.79 Å². The smallest absolute Gasteiger partial charge is 0.337 e. The van der Waals surface area contributed by atoms with Crippen molar-refractivity contribution in [3.8, 4) is 0 Å². The summed E-state index contributed by atoms with van der Waals surface area (Å²) in [6.45, 7) is 6.02. The predicted octanol–water partition coefficient (Wildman–Crippen LogP) is 2.22. The van der Waals surface area contributed by atoms with Gasteiger partial charge in [0, 0.05) is 49.0 Å². The number of piperazine rings is 1. The van der Waals surface area contributed by atoms with Crippen LogP contribution in [0.25, 0.3) is 0 Å². The van der Waals surface area contributed by atoms with Gasteiger partial charge in [0.15, 0.2) is 5.13 Å². The van der Waals surface area contributed by atoms with E-state index in [0.29, 0.717) is 16.7 Å². The molecular formula is C17H22N4O2S. The molecule has 0 saturated carbocycles. The number of ether oxygens (including phenoxy) is 1. The molecule has 6 nitrogen and oxygen atoms in total. The molecule has 1 aliphatic heterocycles. The molecule has 24 heavy (non-hydrogen) atoms. The average molecular weight is 346 g/mol. The number of methoxy groups -OCH3 is 1. The third kappa shape index (κ3) is 3.68. The number of hydrogen-bond acceptors (Lipinski definition) is 7. The molecule has 0 bridgehead atoms. The molecule has 3 rings (SSSR count). The standard InChI is InChI=1S/C17H22N4O2S/c1-12-10-21(14-5-3-13(4-6-14)16(22)23-2)8-7-20(12)11-15-9-19-17(18)24-15/h3-6,9,12H,7-8,10-11H2,1-2H3,(H2,18,19). The van der Waals surface area contributed by atoms with Crippen LogP contribution in [-0.2, 0) is 11.3 Å². The van der Waals surface area contributed by atoms with E-state index in [-0.39, 0.29) is 5.97 Å². The van der Waals surface area contributed by atoms with Crippen LogP contribution in [0, 0.1) is 0 Å². The van der Waals surface area contributed by atoms with E-state index in [1.54, 1.807) is 11.3 Å². The van der Waals surface area contributed by atoms with E-state index >= 15 is 0 Å². The number of esters is 1. The van der Waals surface area contributed by atoms with Gasteiger partial charge in [0.2, 0.25) is 0 Å². The monoisotopic (exact) mass is 346 g/mol. The maximum atomic E-state index is 11.5. The molecule has 1 unspecified atom stereocenters. The zero-order chi connectivity index (χ0) is 17.1. The molecule has 128 valence electrons. The van der Waals surface area contributed by atoms with E-state index in [1.165, 1.54) is 12.0 Å². The van der Waals surface area contributed by atoms with Gasteiger partial charge in [-0.25, -0.2) is 9.78 Å². The van der Waals surface area contributed by atoms with Crippen molar-refractivity contribution in [2.75, 3.05) is 37.4 Å². The fraction of sp³-hybridized carbons (Fsp3) is 0.412. The van der Waals surface area contributed by atoms with E-state index < -0.39 is 0 Å². The molecule has 1 aromatic heterocycles. The summed E-state index contributed by atoms with van der Waals surface area (Å²) in [6.07, 6.45) is 1.87. The van der Waals surface area contributed by atoms with Crippen molar-refractivity contribution in [3.63, 3.8) is 0 Å². The summed E-state index contributed by atoms with van der Waals surface area (Å²) in [4.78, 5) is 21.6. The zero-order valence-electron chi connectivity index (χ0n) is 13.9. The molecule has 2 N–H and O–H groups in total. The molecule has 2 heterocycles. The van der Waals surface area contributed by atoms with Gasteiger partial charge in [-0.15, -0.1) is 11.3 Å². The van der Waals surface area contributed by atoms with Gasteiger partial charge in [0.1, 0.15) is 0 Å². The third-order valence-electron chi connectivity index (χ3n) is 4.35. The number of benzene rings is 1. The maximum Gasteiger partial charge on any atom is 0.337 e. The molecule has 1 aliphatic rings. The highest BCUT2D eigenvalue weighted by Gasteiger charge is 2.24. The Hall–Kier alpha value is -2.12. The van der Waals surface area contributed by atoms with Crippen LogP contribution in [0.15, 0.2) is 30.5 Å². The Balaban J connectivity index is 1.61. The fourth-order valence-corrected chi connectivity index (χ4v) is 3.70. The molecule has 0 spiro atoms. The van der Waals surface area contributed by atoms with Crippen molar-refractivity contribution in [2.24, 2.45) is 0 Å². The number of anilines is 2. The number of nitrogens with two attached hydrogens (primary N) is 1. The molecule has 0 radical (unpaired) electrons. The molecule has 1 atom stereocenters. The lowest BCUT2D eigenvalue weighted by atomic mass is 10.1. The number of carbonyl (C=O) groups excluding carboxylic acids is 1. The molecule has 0 amide bonds. The SMILES string of the molecule is COC(=O)c1ccc(N2CCN(Cc3cnc(N)s3)C(C)C2)cc1. The van der Waals surface area contributed by atoms with Crippen molar-refractivity contribution < 1.29 is 9.53 Å². The fourth-order valence-electron chi connectivity index (χ4n) is 2.99. The van der Waals surface area contributed by atoms with Gasteiger partial charge in [-0.2, -0.15) is 0 Å². The third-order valence-corrected chi connectivity index (χ3v) is 5.16. The Labute approximate surface area is 145 Å². The largest absolute Gasteiger partial charge is 0.465 e. The first-order chi connectivity index (χ1) is 11.6. The molecule has 1 aromatic carbocycles. The van der Waals surface area contributed by atoms with Crippen LogP contribution in [0.5, 0.6) is 0 Å². The second-order valence-electron chi connectivity index (χ2n) is 5.97. The highest BCUT2D eigenvalue weighted by atomic mass is 32.1. The van der Waals surface area contributed by atoms with Crippen molar-refractivity contribution in [3.05, 3.63) is 40.9 Å². The lowest BCUT2D eigenvalue weighted by Crippen LogP contribution is -2.51. The van der Waals surface area contributed by atoms with E-state index in [0.717, 1.165) is 31.9 Å². The Morgan fingerprint density at radius 3 is 2.71 bits per heavy atom. The zero-order valence-corrected chi connectivity index (χ0v) is 14.8. The highest BCUT2D eigenvalue weighted by Crippen LogP contribution is 2.23. The summed E-state index contributed by atoms with van der Waals surface area (Å²) >= 11 is 1.55. The number of nitrogens with zero attached hydrogens (tertiary/aromatic N) is 3. The summed E-state index contributed by atoms with van der Waals surface area (Å²) < 4.78 is 4.74. The summed E-state index contributed by atoms with van der Waals surface area (Å²) in [7, 11) is 1.40. The Morgan fingerprint density at radius 2 is 2.12 bits per heavy atom. The van der Waals surface area contributed by atoms with Crippen LogP contribution in [0.2, 0.25) is 0 Å². The minimum Gasteiger partial charge on any atom is -0.465 e. The summed E-state index contributed by atoms with van der Waals surface area (Å²) in [6, 6.07) is 8.04. The number of aromatic nitrogens is 1.